The van der Waals surface area contributed by atoms with E-state index >= 15 is 0 Å². The molecular weight excluding hydrogens is 396 g/mol. The highest BCUT2D eigenvalue weighted by Gasteiger charge is 2.33. The first-order valence-electron chi connectivity index (χ1n) is 8.17. The molecule has 1 aliphatic heterocycles. The zero-order chi connectivity index (χ0) is 20.1. The Hall–Kier alpha value is -3.10. The van der Waals surface area contributed by atoms with Crippen molar-refractivity contribution in [2.24, 2.45) is 0 Å². The van der Waals surface area contributed by atoms with Crippen LogP contribution in [0.4, 0.5) is 0 Å². The molecule has 1 fully saturated rings. The number of hydrazine groups is 1. The van der Waals surface area contributed by atoms with E-state index in [0.717, 1.165) is 22.3 Å². The number of carbonyl (C=O) groups excluding carboxylic acids is 2. The Morgan fingerprint density at radius 3 is 2.71 bits per heavy atom. The average Bonchev–Trinajstić information content (AvgIpc) is 2.96. The van der Waals surface area contributed by atoms with Crippen LogP contribution in [0.2, 0.25) is 0 Å². The lowest BCUT2D eigenvalue weighted by Crippen LogP contribution is -2.44. The number of rotatable bonds is 5. The summed E-state index contributed by atoms with van der Waals surface area (Å²) >= 11 is 6.30. The Morgan fingerprint density at radius 1 is 1.25 bits per heavy atom. The zero-order valence-corrected chi connectivity index (χ0v) is 16.4. The van der Waals surface area contributed by atoms with E-state index in [2.05, 4.69) is 5.43 Å². The maximum atomic E-state index is 12.5. The Labute approximate surface area is 171 Å². The molecule has 0 aliphatic carbocycles. The molecule has 1 heterocycles. The zero-order valence-electron chi connectivity index (χ0n) is 14.8. The van der Waals surface area contributed by atoms with Gasteiger partial charge in [-0.3, -0.25) is 15.0 Å². The van der Waals surface area contributed by atoms with Gasteiger partial charge in [0.2, 0.25) is 0 Å². The topological polar surface area (TPSA) is 78.9 Å². The molecular formula is C20H16N2O4S2. The first kappa shape index (κ1) is 19.7. The number of hydrogen-bond acceptors (Lipinski definition) is 6. The van der Waals surface area contributed by atoms with Gasteiger partial charge in [-0.25, -0.2) is 0 Å². The number of phenolic OH excluding ortho intramolecular Hbond substituents is 1. The molecule has 2 amide bonds. The van der Waals surface area contributed by atoms with Crippen molar-refractivity contribution in [1.82, 2.24) is 10.4 Å². The SMILES string of the molecule is COc1cc(C(=O)NN2C(=O)C(=CC=Cc3ccccc3)SC2=S)ccc1O. The number of carbonyl (C=O) groups is 2. The van der Waals surface area contributed by atoms with Crippen molar-refractivity contribution >= 4 is 46.2 Å². The van der Waals surface area contributed by atoms with E-state index in [9.17, 15) is 14.7 Å². The molecule has 2 aromatic rings. The second-order valence-corrected chi connectivity index (χ2v) is 7.31. The van der Waals surface area contributed by atoms with Gasteiger partial charge in [-0.2, -0.15) is 5.01 Å². The molecule has 0 spiro atoms. The smallest absolute Gasteiger partial charge is 0.285 e. The van der Waals surface area contributed by atoms with E-state index < -0.39 is 11.8 Å². The summed E-state index contributed by atoms with van der Waals surface area (Å²) in [6.45, 7) is 0. The number of thioether (sulfide) groups is 1. The molecule has 3 rings (SSSR count). The van der Waals surface area contributed by atoms with Crippen LogP contribution in [0.25, 0.3) is 6.08 Å². The number of phenols is 1. The van der Waals surface area contributed by atoms with Crippen molar-refractivity contribution in [3.05, 3.63) is 76.7 Å². The Kier molecular flexibility index (Phi) is 6.13. The summed E-state index contributed by atoms with van der Waals surface area (Å²) in [5.74, 6) is -0.885. The van der Waals surface area contributed by atoms with E-state index in [1.54, 1.807) is 12.2 Å². The average molecular weight is 412 g/mol. The Morgan fingerprint density at radius 2 is 2.00 bits per heavy atom. The number of nitrogens with zero attached hydrogens (tertiary/aromatic N) is 1. The second-order valence-electron chi connectivity index (χ2n) is 5.64. The van der Waals surface area contributed by atoms with Crippen molar-refractivity contribution in [2.45, 2.75) is 0 Å². The van der Waals surface area contributed by atoms with Crippen LogP contribution in [-0.2, 0) is 4.79 Å². The van der Waals surface area contributed by atoms with Crippen LogP contribution >= 0.6 is 24.0 Å². The Bertz CT molecular complexity index is 987. The number of nitrogens with one attached hydrogen (secondary N) is 1. The van der Waals surface area contributed by atoms with Crippen LogP contribution < -0.4 is 10.2 Å². The van der Waals surface area contributed by atoms with Gasteiger partial charge in [-0.1, -0.05) is 54.2 Å². The first-order valence-corrected chi connectivity index (χ1v) is 9.39. The maximum Gasteiger partial charge on any atom is 0.285 e. The fourth-order valence-electron chi connectivity index (χ4n) is 2.37. The third-order valence-electron chi connectivity index (χ3n) is 3.78. The summed E-state index contributed by atoms with van der Waals surface area (Å²) in [4.78, 5) is 25.4. The number of thiocarbonyl (C=S) groups is 1. The van der Waals surface area contributed by atoms with Gasteiger partial charge in [0.25, 0.3) is 11.8 Å². The monoisotopic (exact) mass is 412 g/mol. The lowest BCUT2D eigenvalue weighted by Gasteiger charge is -2.16. The number of allylic oxidation sites excluding steroid dienone is 2. The minimum atomic E-state index is -0.546. The van der Waals surface area contributed by atoms with Crippen molar-refractivity contribution in [1.29, 1.82) is 0 Å². The van der Waals surface area contributed by atoms with Crippen LogP contribution in [0.1, 0.15) is 15.9 Å². The molecule has 0 radical (unpaired) electrons. The van der Waals surface area contributed by atoms with E-state index in [4.69, 9.17) is 17.0 Å². The van der Waals surface area contributed by atoms with Gasteiger partial charge in [0, 0.05) is 5.56 Å². The molecule has 142 valence electrons. The molecule has 28 heavy (non-hydrogen) atoms. The largest absolute Gasteiger partial charge is 0.504 e. The fraction of sp³-hybridized carbons (Fsp3) is 0.0500. The molecule has 2 aromatic carbocycles. The molecule has 2 N–H and O–H groups in total. The van der Waals surface area contributed by atoms with Crippen LogP contribution in [0.5, 0.6) is 11.5 Å². The van der Waals surface area contributed by atoms with E-state index in [1.165, 1.54) is 25.3 Å². The number of aromatic hydroxyl groups is 1. The molecule has 8 heteroatoms. The highest BCUT2D eigenvalue weighted by Crippen LogP contribution is 2.30. The number of hydrogen-bond donors (Lipinski definition) is 2. The molecule has 0 atom stereocenters. The standard InChI is InChI=1S/C20H16N2O4S2/c1-26-16-12-14(10-11-15(16)23)18(24)21-22-19(25)17(28-20(22)27)9-5-8-13-6-3-2-4-7-13/h2-12,23H,1H3,(H,21,24). The van der Waals surface area contributed by atoms with Crippen molar-refractivity contribution < 1.29 is 19.4 Å². The van der Waals surface area contributed by atoms with Crippen molar-refractivity contribution in [2.75, 3.05) is 7.11 Å². The predicted molar refractivity (Wildman–Crippen MR) is 113 cm³/mol. The van der Waals surface area contributed by atoms with E-state index in [-0.39, 0.29) is 21.4 Å². The summed E-state index contributed by atoms with van der Waals surface area (Å²) in [5, 5.41) is 10.7. The van der Waals surface area contributed by atoms with Crippen molar-refractivity contribution in [3.8, 4) is 11.5 Å². The minimum absolute atomic E-state index is 0.0854. The van der Waals surface area contributed by atoms with Gasteiger partial charge in [-0.15, -0.1) is 0 Å². The number of amides is 2. The predicted octanol–water partition coefficient (Wildman–Crippen LogP) is 3.50. The highest BCUT2D eigenvalue weighted by molar-refractivity contribution is 8.26. The molecule has 1 aliphatic rings. The third-order valence-corrected chi connectivity index (χ3v) is 5.11. The molecule has 0 unspecified atom stereocenters. The molecule has 0 saturated carbocycles. The molecule has 1 saturated heterocycles. The van der Waals surface area contributed by atoms with Gasteiger partial charge in [0.05, 0.1) is 12.0 Å². The van der Waals surface area contributed by atoms with E-state index in [0.29, 0.717) is 4.91 Å². The van der Waals surface area contributed by atoms with Crippen LogP contribution in [0, 0.1) is 0 Å². The summed E-state index contributed by atoms with van der Waals surface area (Å²) in [6.07, 6.45) is 5.28. The lowest BCUT2D eigenvalue weighted by molar-refractivity contribution is -0.123. The summed E-state index contributed by atoms with van der Waals surface area (Å²) in [5.41, 5.74) is 3.71. The van der Waals surface area contributed by atoms with Crippen LogP contribution in [0.15, 0.2) is 65.6 Å². The van der Waals surface area contributed by atoms with Gasteiger partial charge >= 0.3 is 0 Å². The second kappa shape index (κ2) is 8.73. The third kappa shape index (κ3) is 4.41. The van der Waals surface area contributed by atoms with Gasteiger partial charge < -0.3 is 9.84 Å². The molecule has 0 bridgehead atoms. The highest BCUT2D eigenvalue weighted by atomic mass is 32.2. The summed E-state index contributed by atoms with van der Waals surface area (Å²) in [7, 11) is 1.38. The quantitative estimate of drug-likeness (QED) is 0.578. The number of methoxy groups -OCH3 is 1. The van der Waals surface area contributed by atoms with Gasteiger partial charge in [0.15, 0.2) is 15.8 Å². The van der Waals surface area contributed by atoms with Gasteiger partial charge in [-0.05, 0) is 42.1 Å². The van der Waals surface area contributed by atoms with Gasteiger partial charge in [0.1, 0.15) is 0 Å². The normalized spacial score (nSPS) is 15.5. The van der Waals surface area contributed by atoms with E-state index in [1.807, 2.05) is 36.4 Å². The van der Waals surface area contributed by atoms with Crippen molar-refractivity contribution in [3.63, 3.8) is 0 Å². The summed E-state index contributed by atoms with van der Waals surface area (Å²) < 4.78 is 5.21. The summed E-state index contributed by atoms with van der Waals surface area (Å²) in [6, 6.07) is 13.8. The minimum Gasteiger partial charge on any atom is -0.504 e. The molecule has 6 nitrogen and oxygen atoms in total. The lowest BCUT2D eigenvalue weighted by atomic mass is 10.2. The fourth-order valence-corrected chi connectivity index (χ4v) is 3.50. The first-order chi connectivity index (χ1) is 13.5. The number of ether oxygens (including phenoxy) is 1. The van der Waals surface area contributed by atoms with Crippen LogP contribution in [0.3, 0.4) is 0 Å². The van der Waals surface area contributed by atoms with Crippen LogP contribution in [-0.4, -0.2) is 33.4 Å². The Balaban J connectivity index is 1.70. The maximum absolute atomic E-state index is 12.5. The molecule has 0 aromatic heterocycles. The number of benzene rings is 2.